The summed E-state index contributed by atoms with van der Waals surface area (Å²) in [5.74, 6) is -1.07. The van der Waals surface area contributed by atoms with Gasteiger partial charge in [-0.3, -0.25) is 9.59 Å². The molecule has 3 N–H and O–H groups in total. The molecule has 0 unspecified atom stereocenters. The summed E-state index contributed by atoms with van der Waals surface area (Å²) in [6.07, 6.45) is 0. The molecular weight excluding hydrogens is 318 g/mol. The molecule has 126 valence electrons. The lowest BCUT2D eigenvalue weighted by Crippen LogP contribution is -2.26. The number of aromatic hydroxyl groups is 1. The van der Waals surface area contributed by atoms with Gasteiger partial charge in [-0.2, -0.15) is 0 Å². The van der Waals surface area contributed by atoms with Crippen LogP contribution in [0.5, 0.6) is 5.75 Å². The van der Waals surface area contributed by atoms with Crippen LogP contribution in [0.15, 0.2) is 59.4 Å². The molecule has 2 aromatic carbocycles. The Hall–Kier alpha value is -3.41. The predicted octanol–water partition coefficient (Wildman–Crippen LogP) is 2.38. The number of nitrogens with zero attached hydrogens (tertiary/aromatic N) is 1. The Morgan fingerprint density at radius 1 is 1.16 bits per heavy atom. The number of rotatable bonds is 4. The summed E-state index contributed by atoms with van der Waals surface area (Å²) in [4.78, 5) is 31.0. The summed E-state index contributed by atoms with van der Waals surface area (Å²) in [6, 6.07) is 16.7. The molecule has 3 aromatic rings. The van der Waals surface area contributed by atoms with E-state index < -0.39 is 17.2 Å². The van der Waals surface area contributed by atoms with E-state index in [9.17, 15) is 14.7 Å². The van der Waals surface area contributed by atoms with Gasteiger partial charge in [-0.15, -0.1) is 0 Å². The van der Waals surface area contributed by atoms with Gasteiger partial charge in [0.25, 0.3) is 11.5 Å². The molecular formula is C19H17N3O3. The van der Waals surface area contributed by atoms with Crippen molar-refractivity contribution >= 4 is 5.91 Å². The number of benzene rings is 2. The van der Waals surface area contributed by atoms with Crippen molar-refractivity contribution in [3.8, 4) is 17.1 Å². The van der Waals surface area contributed by atoms with Gasteiger partial charge in [0, 0.05) is 12.1 Å². The van der Waals surface area contributed by atoms with Crippen LogP contribution in [0.4, 0.5) is 0 Å². The van der Waals surface area contributed by atoms with E-state index >= 15 is 0 Å². The summed E-state index contributed by atoms with van der Waals surface area (Å²) in [7, 11) is 0. The second-order valence-electron chi connectivity index (χ2n) is 5.65. The van der Waals surface area contributed by atoms with E-state index in [2.05, 4.69) is 15.3 Å². The number of carbonyl (C=O) groups is 1. The van der Waals surface area contributed by atoms with Gasteiger partial charge in [-0.25, -0.2) is 4.98 Å². The van der Waals surface area contributed by atoms with Gasteiger partial charge in [0.1, 0.15) is 5.82 Å². The first kappa shape index (κ1) is 16.4. The van der Waals surface area contributed by atoms with Crippen LogP contribution in [0.1, 0.15) is 21.6 Å². The van der Waals surface area contributed by atoms with Gasteiger partial charge in [-0.05, 0) is 18.6 Å². The molecule has 0 fully saturated rings. The minimum atomic E-state index is -0.753. The molecule has 0 aliphatic carbocycles. The molecule has 0 saturated heterocycles. The maximum absolute atomic E-state index is 12.4. The monoisotopic (exact) mass is 335 g/mol. The largest absolute Gasteiger partial charge is 0.501 e. The molecule has 1 aromatic heterocycles. The Balaban J connectivity index is 1.90. The van der Waals surface area contributed by atoms with Crippen molar-refractivity contribution in [1.29, 1.82) is 0 Å². The van der Waals surface area contributed by atoms with Gasteiger partial charge in [0.05, 0.1) is 0 Å². The lowest BCUT2D eigenvalue weighted by Gasteiger charge is -2.08. The maximum Gasteiger partial charge on any atom is 0.294 e. The molecule has 6 heteroatoms. The van der Waals surface area contributed by atoms with Crippen LogP contribution in [-0.4, -0.2) is 21.0 Å². The minimum Gasteiger partial charge on any atom is -0.501 e. The topological polar surface area (TPSA) is 95.1 Å². The average Bonchev–Trinajstić information content (AvgIpc) is 2.62. The summed E-state index contributed by atoms with van der Waals surface area (Å²) < 4.78 is 0. The highest BCUT2D eigenvalue weighted by molar-refractivity contribution is 5.95. The Bertz CT molecular complexity index is 965. The molecule has 0 aliphatic heterocycles. The van der Waals surface area contributed by atoms with Crippen LogP contribution in [-0.2, 0) is 6.54 Å². The third kappa shape index (κ3) is 3.74. The second-order valence-corrected chi connectivity index (χ2v) is 5.65. The highest BCUT2D eigenvalue weighted by Crippen LogP contribution is 2.18. The van der Waals surface area contributed by atoms with Crippen molar-refractivity contribution in [2.24, 2.45) is 0 Å². The van der Waals surface area contributed by atoms with Crippen LogP contribution in [0, 0.1) is 6.92 Å². The maximum atomic E-state index is 12.4. The Kier molecular flexibility index (Phi) is 4.61. The fourth-order valence-corrected chi connectivity index (χ4v) is 2.42. The van der Waals surface area contributed by atoms with E-state index in [1.54, 1.807) is 6.07 Å². The molecule has 25 heavy (non-hydrogen) atoms. The fraction of sp³-hybridized carbons (Fsp3) is 0.105. The normalized spacial score (nSPS) is 10.4. The van der Waals surface area contributed by atoms with Crippen LogP contribution in [0.3, 0.4) is 0 Å². The zero-order valence-electron chi connectivity index (χ0n) is 13.6. The number of hydrogen-bond acceptors (Lipinski definition) is 4. The van der Waals surface area contributed by atoms with E-state index in [1.807, 2.05) is 55.5 Å². The van der Waals surface area contributed by atoms with Crippen molar-refractivity contribution < 1.29 is 9.90 Å². The summed E-state index contributed by atoms with van der Waals surface area (Å²) >= 11 is 0. The van der Waals surface area contributed by atoms with E-state index in [1.165, 1.54) is 0 Å². The minimum absolute atomic E-state index is 0.233. The summed E-state index contributed by atoms with van der Waals surface area (Å²) in [5, 5.41) is 12.6. The van der Waals surface area contributed by atoms with Crippen LogP contribution >= 0.6 is 0 Å². The number of aromatic nitrogens is 2. The molecule has 0 spiro atoms. The Labute approximate surface area is 144 Å². The van der Waals surface area contributed by atoms with Crippen molar-refractivity contribution in [3.63, 3.8) is 0 Å². The SMILES string of the molecule is Cc1cccc(-c2nc(C(=O)NCc3ccccc3)c(O)c(=O)[nH]2)c1. The number of hydrogen-bond donors (Lipinski definition) is 3. The van der Waals surface area contributed by atoms with E-state index in [4.69, 9.17) is 0 Å². The zero-order chi connectivity index (χ0) is 17.8. The Morgan fingerprint density at radius 2 is 1.92 bits per heavy atom. The molecule has 6 nitrogen and oxygen atoms in total. The third-order valence-electron chi connectivity index (χ3n) is 3.70. The van der Waals surface area contributed by atoms with E-state index in [0.717, 1.165) is 11.1 Å². The Morgan fingerprint density at radius 3 is 2.64 bits per heavy atom. The van der Waals surface area contributed by atoms with Gasteiger partial charge in [0.15, 0.2) is 5.69 Å². The molecule has 0 radical (unpaired) electrons. The smallest absolute Gasteiger partial charge is 0.294 e. The zero-order valence-corrected chi connectivity index (χ0v) is 13.6. The lowest BCUT2D eigenvalue weighted by molar-refractivity contribution is 0.0942. The predicted molar refractivity (Wildman–Crippen MR) is 94.3 cm³/mol. The molecule has 3 rings (SSSR count). The lowest BCUT2D eigenvalue weighted by atomic mass is 10.1. The third-order valence-corrected chi connectivity index (χ3v) is 3.70. The second kappa shape index (κ2) is 7.00. The molecule has 0 aliphatic rings. The number of carbonyl (C=O) groups excluding carboxylic acids is 1. The van der Waals surface area contributed by atoms with Crippen LogP contribution < -0.4 is 10.9 Å². The molecule has 0 atom stereocenters. The van der Waals surface area contributed by atoms with Crippen molar-refractivity contribution in [2.45, 2.75) is 13.5 Å². The quantitative estimate of drug-likeness (QED) is 0.682. The number of aryl methyl sites for hydroxylation is 1. The van der Waals surface area contributed by atoms with Crippen LogP contribution in [0.25, 0.3) is 11.4 Å². The molecule has 0 saturated carbocycles. The highest BCUT2D eigenvalue weighted by atomic mass is 16.3. The van der Waals surface area contributed by atoms with Gasteiger partial charge >= 0.3 is 0 Å². The van der Waals surface area contributed by atoms with Gasteiger partial charge in [-0.1, -0.05) is 54.1 Å². The van der Waals surface area contributed by atoms with Crippen molar-refractivity contribution in [3.05, 3.63) is 81.8 Å². The summed E-state index contributed by atoms with van der Waals surface area (Å²) in [6.45, 7) is 2.18. The number of aromatic amines is 1. The van der Waals surface area contributed by atoms with Gasteiger partial charge in [0.2, 0.25) is 5.75 Å². The summed E-state index contributed by atoms with van der Waals surface area (Å²) in [5.41, 5.74) is 1.50. The first-order valence-electron chi connectivity index (χ1n) is 7.77. The first-order valence-corrected chi connectivity index (χ1v) is 7.77. The first-order chi connectivity index (χ1) is 12.0. The highest BCUT2D eigenvalue weighted by Gasteiger charge is 2.18. The molecule has 1 heterocycles. The number of nitrogens with one attached hydrogen (secondary N) is 2. The average molecular weight is 335 g/mol. The number of amides is 1. The molecule has 1 amide bonds. The van der Waals surface area contributed by atoms with Crippen molar-refractivity contribution in [1.82, 2.24) is 15.3 Å². The van der Waals surface area contributed by atoms with E-state index in [0.29, 0.717) is 5.56 Å². The van der Waals surface area contributed by atoms with E-state index in [-0.39, 0.29) is 18.1 Å². The fourth-order valence-electron chi connectivity index (χ4n) is 2.42. The standard InChI is InChI=1S/C19H17N3O3/c1-12-6-5-9-14(10-12)17-21-15(16(23)19(25)22-17)18(24)20-11-13-7-3-2-4-8-13/h2-10,23H,11H2,1H3,(H,20,24)(H,21,22,25). The van der Waals surface area contributed by atoms with Crippen molar-refractivity contribution in [2.75, 3.05) is 0 Å². The number of H-pyrrole nitrogens is 1. The van der Waals surface area contributed by atoms with Gasteiger partial charge < -0.3 is 15.4 Å². The van der Waals surface area contributed by atoms with Crippen LogP contribution in [0.2, 0.25) is 0 Å². The molecule has 0 bridgehead atoms.